The third-order valence-corrected chi connectivity index (χ3v) is 6.96. The summed E-state index contributed by atoms with van der Waals surface area (Å²) in [6.07, 6.45) is 0.395. The summed E-state index contributed by atoms with van der Waals surface area (Å²) in [5, 5.41) is 0.289. The average molecular weight is 498 g/mol. The van der Waals surface area contributed by atoms with Crippen LogP contribution in [0.1, 0.15) is 35.3 Å². The van der Waals surface area contributed by atoms with Crippen molar-refractivity contribution in [2.24, 2.45) is 0 Å². The maximum absolute atomic E-state index is 14.6. The molecule has 0 bridgehead atoms. The van der Waals surface area contributed by atoms with Crippen molar-refractivity contribution in [3.05, 3.63) is 68.9 Å². The Morgan fingerprint density at radius 3 is 2.50 bits per heavy atom. The van der Waals surface area contributed by atoms with Crippen LogP contribution in [-0.4, -0.2) is 56.7 Å². The Kier molecular flexibility index (Phi) is 5.98. The standard InChI is InChI=1S/C27H29F2N3O4/c1-27(2)14-20-21(29)11-18(28)12-22(20)32(27)15-17-9-16(26(34)30(3)4)10-19-23(33)13-24(36-25(17)19)31-5-7-35-8-6-31/h9-13H,5-8,14-15H2,1-4H3. The second-order valence-electron chi connectivity index (χ2n) is 10.2. The van der Waals surface area contributed by atoms with Gasteiger partial charge in [-0.3, -0.25) is 9.59 Å². The van der Waals surface area contributed by atoms with Crippen LogP contribution in [0.3, 0.4) is 0 Å². The number of amides is 1. The van der Waals surface area contributed by atoms with E-state index in [0.717, 1.165) is 6.07 Å². The Morgan fingerprint density at radius 1 is 1.08 bits per heavy atom. The zero-order valence-electron chi connectivity index (χ0n) is 20.9. The summed E-state index contributed by atoms with van der Waals surface area (Å²) in [4.78, 5) is 31.4. The molecule has 0 atom stereocenters. The molecule has 2 aliphatic rings. The van der Waals surface area contributed by atoms with Crippen molar-refractivity contribution in [3.63, 3.8) is 0 Å². The van der Waals surface area contributed by atoms with Crippen molar-refractivity contribution in [2.45, 2.75) is 32.4 Å². The number of anilines is 2. The number of rotatable bonds is 4. The van der Waals surface area contributed by atoms with Crippen LogP contribution in [-0.2, 0) is 17.7 Å². The monoisotopic (exact) mass is 497 g/mol. The summed E-state index contributed by atoms with van der Waals surface area (Å²) in [5.41, 5.74) is 1.41. The van der Waals surface area contributed by atoms with Crippen molar-refractivity contribution in [1.82, 2.24) is 4.90 Å². The zero-order chi connectivity index (χ0) is 25.8. The maximum atomic E-state index is 14.6. The molecule has 0 aliphatic carbocycles. The summed E-state index contributed by atoms with van der Waals surface area (Å²) in [6.45, 7) is 6.34. The average Bonchev–Trinajstić information content (AvgIpc) is 3.09. The lowest BCUT2D eigenvalue weighted by Gasteiger charge is -2.34. The van der Waals surface area contributed by atoms with E-state index < -0.39 is 17.2 Å². The smallest absolute Gasteiger partial charge is 0.253 e. The Bertz CT molecular complexity index is 1410. The largest absolute Gasteiger partial charge is 0.440 e. The zero-order valence-corrected chi connectivity index (χ0v) is 20.9. The molecule has 9 heteroatoms. The Morgan fingerprint density at radius 2 is 1.81 bits per heavy atom. The van der Waals surface area contributed by atoms with Crippen LogP contribution >= 0.6 is 0 Å². The van der Waals surface area contributed by atoms with E-state index in [1.54, 1.807) is 26.2 Å². The highest BCUT2D eigenvalue weighted by molar-refractivity contribution is 5.98. The minimum Gasteiger partial charge on any atom is -0.440 e. The van der Waals surface area contributed by atoms with E-state index in [0.29, 0.717) is 66.6 Å². The van der Waals surface area contributed by atoms with Gasteiger partial charge in [0.25, 0.3) is 5.91 Å². The Balaban J connectivity index is 1.68. The van der Waals surface area contributed by atoms with Crippen LogP contribution in [0.5, 0.6) is 0 Å². The van der Waals surface area contributed by atoms with Crippen molar-refractivity contribution < 1.29 is 22.7 Å². The number of fused-ring (bicyclic) bond motifs is 2. The SMILES string of the molecule is CN(C)C(=O)c1cc(CN2c3cc(F)cc(F)c3CC2(C)C)c2oc(N3CCOCC3)cc(=O)c2c1. The van der Waals surface area contributed by atoms with Gasteiger partial charge in [0.2, 0.25) is 0 Å². The molecule has 0 saturated carbocycles. The van der Waals surface area contributed by atoms with Gasteiger partial charge in [-0.05, 0) is 32.0 Å². The van der Waals surface area contributed by atoms with Gasteiger partial charge < -0.3 is 23.9 Å². The van der Waals surface area contributed by atoms with Crippen molar-refractivity contribution >= 4 is 28.4 Å². The summed E-state index contributed by atoms with van der Waals surface area (Å²) in [6, 6.07) is 6.94. The molecule has 3 heterocycles. The highest BCUT2D eigenvalue weighted by Gasteiger charge is 2.38. The lowest BCUT2D eigenvalue weighted by atomic mass is 9.98. The first-order valence-corrected chi connectivity index (χ1v) is 12.0. The number of carbonyl (C=O) groups is 1. The number of hydrogen-bond acceptors (Lipinski definition) is 6. The van der Waals surface area contributed by atoms with Gasteiger partial charge in [0.05, 0.1) is 18.6 Å². The number of hydrogen-bond donors (Lipinski definition) is 0. The third kappa shape index (κ3) is 4.21. The maximum Gasteiger partial charge on any atom is 0.253 e. The molecule has 0 radical (unpaired) electrons. The molecule has 1 aromatic heterocycles. The molecule has 7 nitrogen and oxygen atoms in total. The lowest BCUT2D eigenvalue weighted by molar-refractivity contribution is 0.0827. The van der Waals surface area contributed by atoms with Crippen LogP contribution in [0.15, 0.2) is 39.5 Å². The number of ether oxygens (including phenoxy) is 1. The second-order valence-corrected chi connectivity index (χ2v) is 10.2. The van der Waals surface area contributed by atoms with E-state index in [1.807, 2.05) is 23.6 Å². The van der Waals surface area contributed by atoms with E-state index in [1.165, 1.54) is 17.0 Å². The molecular formula is C27H29F2N3O4. The first-order valence-electron chi connectivity index (χ1n) is 12.0. The van der Waals surface area contributed by atoms with Crippen LogP contribution in [0.4, 0.5) is 20.4 Å². The predicted molar refractivity (Wildman–Crippen MR) is 134 cm³/mol. The van der Waals surface area contributed by atoms with E-state index in [-0.39, 0.29) is 23.3 Å². The molecule has 5 rings (SSSR count). The summed E-state index contributed by atoms with van der Waals surface area (Å²) < 4.78 is 40.6. The molecule has 36 heavy (non-hydrogen) atoms. The van der Waals surface area contributed by atoms with Gasteiger partial charge in [0.1, 0.15) is 17.2 Å². The number of morpholine rings is 1. The molecule has 190 valence electrons. The Labute approximate surface area is 207 Å². The van der Waals surface area contributed by atoms with Gasteiger partial charge in [-0.2, -0.15) is 0 Å². The first-order chi connectivity index (χ1) is 17.0. The van der Waals surface area contributed by atoms with Crippen molar-refractivity contribution in [2.75, 3.05) is 50.2 Å². The van der Waals surface area contributed by atoms with Gasteiger partial charge >= 0.3 is 0 Å². The molecule has 0 N–H and O–H groups in total. The van der Waals surface area contributed by atoms with Gasteiger partial charge in [0, 0.05) is 80.2 Å². The quantitative estimate of drug-likeness (QED) is 0.544. The van der Waals surface area contributed by atoms with Crippen molar-refractivity contribution in [3.8, 4) is 0 Å². The molecule has 1 saturated heterocycles. The van der Waals surface area contributed by atoms with Gasteiger partial charge in [0.15, 0.2) is 11.3 Å². The van der Waals surface area contributed by atoms with E-state index in [2.05, 4.69) is 0 Å². The summed E-state index contributed by atoms with van der Waals surface area (Å²) >= 11 is 0. The fourth-order valence-electron chi connectivity index (χ4n) is 5.08. The molecule has 3 aromatic rings. The van der Waals surface area contributed by atoms with E-state index >= 15 is 0 Å². The number of carbonyl (C=O) groups excluding carboxylic acids is 1. The molecular weight excluding hydrogens is 468 g/mol. The highest BCUT2D eigenvalue weighted by Crippen LogP contribution is 2.42. The number of halogens is 2. The summed E-state index contributed by atoms with van der Waals surface area (Å²) in [5.74, 6) is -1.06. The summed E-state index contributed by atoms with van der Waals surface area (Å²) in [7, 11) is 3.28. The molecule has 0 spiro atoms. The molecule has 1 amide bonds. The van der Waals surface area contributed by atoms with Gasteiger partial charge in [-0.1, -0.05) is 0 Å². The van der Waals surface area contributed by atoms with Crippen molar-refractivity contribution in [1.29, 1.82) is 0 Å². The molecule has 2 aromatic carbocycles. The number of benzene rings is 2. The first kappa shape index (κ1) is 24.2. The fourth-order valence-corrected chi connectivity index (χ4v) is 5.08. The molecule has 2 aliphatic heterocycles. The second kappa shape index (κ2) is 8.89. The van der Waals surface area contributed by atoms with Crippen LogP contribution in [0.2, 0.25) is 0 Å². The van der Waals surface area contributed by atoms with E-state index in [9.17, 15) is 18.4 Å². The normalized spacial score (nSPS) is 16.9. The van der Waals surface area contributed by atoms with E-state index in [4.69, 9.17) is 9.15 Å². The van der Waals surface area contributed by atoms with Crippen LogP contribution in [0, 0.1) is 11.6 Å². The Hall–Kier alpha value is -3.46. The highest BCUT2D eigenvalue weighted by atomic mass is 19.1. The topological polar surface area (TPSA) is 66.2 Å². The lowest BCUT2D eigenvalue weighted by Crippen LogP contribution is -2.40. The molecule has 1 fully saturated rings. The molecule has 0 unspecified atom stereocenters. The van der Waals surface area contributed by atoms with Gasteiger partial charge in [-0.25, -0.2) is 8.78 Å². The third-order valence-electron chi connectivity index (χ3n) is 6.96. The number of nitrogens with zero attached hydrogens (tertiary/aromatic N) is 3. The van der Waals surface area contributed by atoms with Crippen LogP contribution in [0.25, 0.3) is 11.0 Å². The predicted octanol–water partition coefficient (Wildman–Crippen LogP) is 3.95. The fraction of sp³-hybridized carbons (Fsp3) is 0.407. The van der Waals surface area contributed by atoms with Gasteiger partial charge in [-0.15, -0.1) is 0 Å². The minimum absolute atomic E-state index is 0.198. The van der Waals surface area contributed by atoms with Crippen LogP contribution < -0.4 is 15.2 Å². The minimum atomic E-state index is -0.656.